The van der Waals surface area contributed by atoms with Crippen LogP contribution in [0.25, 0.3) is 11.3 Å². The lowest BCUT2D eigenvalue weighted by Gasteiger charge is -2.06. The normalized spacial score (nSPS) is 10.4. The largest absolute Gasteiger partial charge is 0.496 e. The Morgan fingerprint density at radius 3 is 2.62 bits per heavy atom. The predicted octanol–water partition coefficient (Wildman–Crippen LogP) is 1.99. The summed E-state index contributed by atoms with van der Waals surface area (Å²) >= 11 is 0. The number of rotatable bonds is 2. The van der Waals surface area contributed by atoms with E-state index in [9.17, 15) is 0 Å². The van der Waals surface area contributed by atoms with Gasteiger partial charge < -0.3 is 15.0 Å². The Labute approximate surface area is 94.7 Å². The quantitative estimate of drug-likeness (QED) is 0.836. The lowest BCUT2D eigenvalue weighted by atomic mass is 10.1. The van der Waals surface area contributed by atoms with Gasteiger partial charge in [-0.2, -0.15) is 0 Å². The zero-order valence-electron chi connectivity index (χ0n) is 9.69. The fraction of sp³-hybridized carbons (Fsp3) is 0.250. The van der Waals surface area contributed by atoms with E-state index in [1.165, 1.54) is 0 Å². The lowest BCUT2D eigenvalue weighted by molar-refractivity contribution is 0.412. The molecule has 0 fully saturated rings. The Kier molecular flexibility index (Phi) is 2.56. The number of hydrogen-bond acceptors (Lipinski definition) is 3. The number of nitrogens with zero attached hydrogens (tertiary/aromatic N) is 2. The predicted molar refractivity (Wildman–Crippen MR) is 64.3 cm³/mol. The Morgan fingerprint density at radius 1 is 1.38 bits per heavy atom. The first-order valence-electron chi connectivity index (χ1n) is 5.05. The molecule has 4 heteroatoms. The summed E-state index contributed by atoms with van der Waals surface area (Å²) < 4.78 is 7.01. The third kappa shape index (κ3) is 1.62. The molecule has 0 aliphatic rings. The van der Waals surface area contributed by atoms with Gasteiger partial charge in [0.2, 0.25) is 0 Å². The van der Waals surface area contributed by atoms with Crippen molar-refractivity contribution in [2.24, 2.45) is 7.05 Å². The zero-order valence-corrected chi connectivity index (χ0v) is 9.69. The third-order valence-corrected chi connectivity index (χ3v) is 2.65. The van der Waals surface area contributed by atoms with E-state index < -0.39 is 0 Å². The van der Waals surface area contributed by atoms with Crippen LogP contribution in [0, 0.1) is 6.92 Å². The average molecular weight is 217 g/mol. The lowest BCUT2D eigenvalue weighted by Crippen LogP contribution is -1.96. The molecule has 16 heavy (non-hydrogen) atoms. The summed E-state index contributed by atoms with van der Waals surface area (Å²) in [6.07, 6.45) is 1.71. The van der Waals surface area contributed by atoms with Crippen molar-refractivity contribution >= 4 is 5.82 Å². The molecule has 0 saturated carbocycles. The van der Waals surface area contributed by atoms with E-state index in [-0.39, 0.29) is 0 Å². The maximum absolute atomic E-state index is 5.92. The maximum Gasteiger partial charge on any atom is 0.131 e. The van der Waals surface area contributed by atoms with Crippen LogP contribution in [0.4, 0.5) is 5.82 Å². The van der Waals surface area contributed by atoms with Crippen LogP contribution < -0.4 is 10.5 Å². The van der Waals surface area contributed by atoms with Crippen LogP contribution >= 0.6 is 0 Å². The molecule has 0 spiro atoms. The van der Waals surface area contributed by atoms with Gasteiger partial charge in [0.15, 0.2) is 0 Å². The van der Waals surface area contributed by atoms with Crippen molar-refractivity contribution in [3.63, 3.8) is 0 Å². The second kappa shape index (κ2) is 3.89. The van der Waals surface area contributed by atoms with Gasteiger partial charge in [0.25, 0.3) is 0 Å². The number of aryl methyl sites for hydroxylation is 2. The van der Waals surface area contributed by atoms with Crippen LogP contribution in [-0.2, 0) is 7.05 Å². The van der Waals surface area contributed by atoms with Gasteiger partial charge in [-0.3, -0.25) is 0 Å². The molecule has 2 rings (SSSR count). The number of ether oxygens (including phenoxy) is 1. The van der Waals surface area contributed by atoms with Gasteiger partial charge in [-0.25, -0.2) is 4.98 Å². The summed E-state index contributed by atoms with van der Waals surface area (Å²) in [5.74, 6) is 1.54. The maximum atomic E-state index is 5.92. The highest BCUT2D eigenvalue weighted by molar-refractivity contribution is 5.71. The number of imidazole rings is 1. The molecule has 0 radical (unpaired) electrons. The minimum atomic E-state index is 0.671. The standard InChI is InChI=1S/C12H15N3O/c1-8-6-9(4-5-10(8)16-3)11-12(13)15(2)7-14-11/h4-7H,13H2,1-3H3. The number of nitrogens with two attached hydrogens (primary N) is 1. The Balaban J connectivity index is 2.49. The molecular weight excluding hydrogens is 202 g/mol. The summed E-state index contributed by atoms with van der Waals surface area (Å²) in [4.78, 5) is 4.28. The van der Waals surface area contributed by atoms with Crippen molar-refractivity contribution in [3.8, 4) is 17.0 Å². The van der Waals surface area contributed by atoms with Gasteiger partial charge in [-0.05, 0) is 30.7 Å². The summed E-state index contributed by atoms with van der Waals surface area (Å²) in [7, 11) is 3.54. The highest BCUT2D eigenvalue weighted by atomic mass is 16.5. The second-order valence-electron chi connectivity index (χ2n) is 3.77. The van der Waals surface area contributed by atoms with Crippen molar-refractivity contribution in [3.05, 3.63) is 30.1 Å². The summed E-state index contributed by atoms with van der Waals surface area (Å²) in [5, 5.41) is 0. The van der Waals surface area contributed by atoms with Crippen molar-refractivity contribution in [2.45, 2.75) is 6.92 Å². The van der Waals surface area contributed by atoms with E-state index in [0.717, 1.165) is 22.6 Å². The van der Waals surface area contributed by atoms with Crippen LogP contribution in [-0.4, -0.2) is 16.7 Å². The zero-order chi connectivity index (χ0) is 11.7. The minimum Gasteiger partial charge on any atom is -0.496 e. The topological polar surface area (TPSA) is 53.1 Å². The molecule has 0 saturated heterocycles. The number of aromatic nitrogens is 2. The van der Waals surface area contributed by atoms with Crippen LogP contribution in [0.3, 0.4) is 0 Å². The van der Waals surface area contributed by atoms with E-state index in [4.69, 9.17) is 10.5 Å². The van der Waals surface area contributed by atoms with Crippen LogP contribution in [0.2, 0.25) is 0 Å². The molecule has 0 amide bonds. The van der Waals surface area contributed by atoms with Crippen molar-refractivity contribution < 1.29 is 4.74 Å². The monoisotopic (exact) mass is 217 g/mol. The van der Waals surface area contributed by atoms with Crippen LogP contribution in [0.1, 0.15) is 5.56 Å². The minimum absolute atomic E-state index is 0.671. The first-order chi connectivity index (χ1) is 7.63. The highest BCUT2D eigenvalue weighted by Gasteiger charge is 2.09. The molecule has 0 unspecified atom stereocenters. The average Bonchev–Trinajstić information content (AvgIpc) is 2.60. The molecule has 1 heterocycles. The molecule has 0 atom stereocenters. The van der Waals surface area contributed by atoms with Gasteiger partial charge in [-0.15, -0.1) is 0 Å². The fourth-order valence-electron chi connectivity index (χ4n) is 1.69. The van der Waals surface area contributed by atoms with Crippen molar-refractivity contribution in [2.75, 3.05) is 12.8 Å². The number of hydrogen-bond donors (Lipinski definition) is 1. The van der Waals surface area contributed by atoms with Crippen molar-refractivity contribution in [1.29, 1.82) is 0 Å². The second-order valence-corrected chi connectivity index (χ2v) is 3.77. The van der Waals surface area contributed by atoms with E-state index in [1.807, 2.05) is 32.2 Å². The third-order valence-electron chi connectivity index (χ3n) is 2.65. The van der Waals surface area contributed by atoms with Gasteiger partial charge in [0.05, 0.1) is 13.4 Å². The molecular formula is C12H15N3O. The first-order valence-corrected chi connectivity index (χ1v) is 5.05. The van der Waals surface area contributed by atoms with Crippen molar-refractivity contribution in [1.82, 2.24) is 9.55 Å². The summed E-state index contributed by atoms with van der Waals surface area (Å²) in [6, 6.07) is 5.92. The molecule has 2 N–H and O–H groups in total. The van der Waals surface area contributed by atoms with E-state index >= 15 is 0 Å². The number of nitrogen functional groups attached to an aromatic ring is 1. The fourth-order valence-corrected chi connectivity index (χ4v) is 1.69. The molecule has 0 aliphatic heterocycles. The summed E-state index contributed by atoms with van der Waals surface area (Å²) in [6.45, 7) is 2.00. The highest BCUT2D eigenvalue weighted by Crippen LogP contribution is 2.28. The van der Waals surface area contributed by atoms with Gasteiger partial charge in [-0.1, -0.05) is 0 Å². The number of methoxy groups -OCH3 is 1. The molecule has 4 nitrogen and oxygen atoms in total. The Hall–Kier alpha value is -1.97. The number of benzene rings is 1. The first kappa shape index (κ1) is 10.5. The van der Waals surface area contributed by atoms with Gasteiger partial charge in [0, 0.05) is 12.6 Å². The van der Waals surface area contributed by atoms with Gasteiger partial charge in [0.1, 0.15) is 17.3 Å². The Bertz CT molecular complexity index is 517. The van der Waals surface area contributed by atoms with Crippen LogP contribution in [0.15, 0.2) is 24.5 Å². The summed E-state index contributed by atoms with van der Waals surface area (Å²) in [5.41, 5.74) is 8.82. The molecule has 1 aromatic carbocycles. The smallest absolute Gasteiger partial charge is 0.131 e. The number of anilines is 1. The van der Waals surface area contributed by atoms with Crippen LogP contribution in [0.5, 0.6) is 5.75 Å². The molecule has 84 valence electrons. The molecule has 0 aliphatic carbocycles. The van der Waals surface area contributed by atoms with E-state index in [0.29, 0.717) is 5.82 Å². The molecule has 2 aromatic rings. The SMILES string of the molecule is COc1ccc(-c2ncn(C)c2N)cc1C. The molecule has 0 bridgehead atoms. The molecule has 1 aromatic heterocycles. The Morgan fingerprint density at radius 2 is 2.12 bits per heavy atom. The van der Waals surface area contributed by atoms with Gasteiger partial charge >= 0.3 is 0 Å². The van der Waals surface area contributed by atoms with E-state index in [2.05, 4.69) is 4.98 Å². The van der Waals surface area contributed by atoms with E-state index in [1.54, 1.807) is 18.0 Å².